The van der Waals surface area contributed by atoms with Gasteiger partial charge in [-0.15, -0.1) is 18.0 Å². The number of terminal acetylenes is 1. The molecule has 0 aliphatic heterocycles. The average Bonchev–Trinajstić information content (AvgIpc) is 2.53. The van der Waals surface area contributed by atoms with Crippen LogP contribution >= 0.6 is 11.6 Å². The van der Waals surface area contributed by atoms with Gasteiger partial charge in [0.05, 0.1) is 10.9 Å². The van der Waals surface area contributed by atoms with Gasteiger partial charge >= 0.3 is 0 Å². The van der Waals surface area contributed by atoms with Gasteiger partial charge < -0.3 is 10.1 Å². The van der Waals surface area contributed by atoms with Gasteiger partial charge in [-0.2, -0.15) is 4.39 Å². The van der Waals surface area contributed by atoms with Gasteiger partial charge in [0.2, 0.25) is 5.82 Å². The van der Waals surface area contributed by atoms with E-state index >= 15 is 0 Å². The molecule has 1 fully saturated rings. The highest BCUT2D eigenvalue weighted by atomic mass is 35.5. The van der Waals surface area contributed by atoms with Crippen molar-refractivity contribution in [2.45, 2.75) is 37.1 Å². The monoisotopic (exact) mass is 345 g/mol. The van der Waals surface area contributed by atoms with Gasteiger partial charge in [0.1, 0.15) is 6.61 Å². The Morgan fingerprint density at radius 3 is 2.70 bits per heavy atom. The molecule has 0 radical (unpaired) electrons. The van der Waals surface area contributed by atoms with Crippen LogP contribution in [0, 0.1) is 29.8 Å². The third-order valence-corrected chi connectivity index (χ3v) is 4.18. The van der Waals surface area contributed by atoms with Crippen LogP contribution in [0.4, 0.5) is 13.2 Å². The van der Waals surface area contributed by atoms with Crippen LogP contribution in [0.1, 0.15) is 36.0 Å². The van der Waals surface area contributed by atoms with E-state index < -0.39 is 41.3 Å². The summed E-state index contributed by atoms with van der Waals surface area (Å²) in [7, 11) is 0. The van der Waals surface area contributed by atoms with Gasteiger partial charge in [0, 0.05) is 6.04 Å². The van der Waals surface area contributed by atoms with E-state index in [4.69, 9.17) is 18.0 Å². The van der Waals surface area contributed by atoms with Crippen molar-refractivity contribution >= 4 is 17.5 Å². The van der Waals surface area contributed by atoms with Gasteiger partial charge in [-0.25, -0.2) is 8.78 Å². The number of rotatable bonds is 4. The Kier molecular flexibility index (Phi) is 5.78. The molecule has 1 saturated carbocycles. The molecular weight excluding hydrogens is 331 g/mol. The molecule has 0 unspecified atom stereocenters. The molecule has 3 nitrogen and oxygen atoms in total. The second-order valence-electron chi connectivity index (χ2n) is 5.24. The van der Waals surface area contributed by atoms with E-state index in [0.29, 0.717) is 12.5 Å². The number of hydrogen-bond acceptors (Lipinski definition) is 2. The van der Waals surface area contributed by atoms with Crippen molar-refractivity contribution in [2.24, 2.45) is 0 Å². The number of halogens is 4. The lowest BCUT2D eigenvalue weighted by Crippen LogP contribution is -2.43. The number of carbonyl (C=O) groups is 1. The lowest BCUT2D eigenvalue weighted by molar-refractivity contribution is 0.0922. The normalized spacial score (nSPS) is 20.7. The van der Waals surface area contributed by atoms with E-state index in [0.717, 1.165) is 19.3 Å². The lowest BCUT2D eigenvalue weighted by Gasteiger charge is -2.27. The number of benzene rings is 1. The topological polar surface area (TPSA) is 38.3 Å². The number of amides is 1. The quantitative estimate of drug-likeness (QED) is 0.516. The molecule has 1 amide bonds. The van der Waals surface area contributed by atoms with Crippen molar-refractivity contribution in [3.8, 4) is 18.1 Å². The highest BCUT2D eigenvalue weighted by molar-refractivity contribution is 6.21. The largest absolute Gasteiger partial charge is 0.475 e. The highest BCUT2D eigenvalue weighted by Gasteiger charge is 2.28. The fourth-order valence-corrected chi connectivity index (χ4v) is 2.83. The first-order valence-electron chi connectivity index (χ1n) is 7.14. The highest BCUT2D eigenvalue weighted by Crippen LogP contribution is 2.28. The number of alkyl halides is 1. The second kappa shape index (κ2) is 7.60. The predicted octanol–water partition coefficient (Wildman–Crippen LogP) is 3.40. The number of hydrogen-bond donors (Lipinski definition) is 1. The summed E-state index contributed by atoms with van der Waals surface area (Å²) in [5.41, 5.74) is -0.734. The average molecular weight is 346 g/mol. The fraction of sp³-hybridized carbons (Fsp3) is 0.438. The van der Waals surface area contributed by atoms with Crippen molar-refractivity contribution in [3.05, 3.63) is 29.1 Å². The van der Waals surface area contributed by atoms with E-state index in [1.807, 2.05) is 5.92 Å². The summed E-state index contributed by atoms with van der Waals surface area (Å²) in [5.74, 6) is -4.11. The standard InChI is InChI=1S/C16H15ClF3NO2/c1-2-7-23-15-11(18)8-9(13(19)14(15)20)16(22)21-12-6-4-3-5-10(12)17/h1,8,10,12H,3-7H2,(H,21,22)/t10-,12-/m1/s1. The third-order valence-electron chi connectivity index (χ3n) is 3.66. The molecule has 1 aromatic rings. The maximum atomic E-state index is 14.0. The minimum absolute atomic E-state index is 0.288. The van der Waals surface area contributed by atoms with Gasteiger partial charge in [-0.05, 0) is 18.9 Å². The summed E-state index contributed by atoms with van der Waals surface area (Å²) in [6, 6.07) is 0.229. The molecule has 0 saturated heterocycles. The van der Waals surface area contributed by atoms with Crippen molar-refractivity contribution < 1.29 is 22.7 Å². The van der Waals surface area contributed by atoms with E-state index in [-0.39, 0.29) is 11.4 Å². The van der Waals surface area contributed by atoms with E-state index in [1.165, 1.54) is 0 Å². The van der Waals surface area contributed by atoms with Crippen molar-refractivity contribution in [2.75, 3.05) is 6.61 Å². The fourth-order valence-electron chi connectivity index (χ4n) is 2.48. The van der Waals surface area contributed by atoms with Gasteiger partial charge in [0.15, 0.2) is 17.4 Å². The van der Waals surface area contributed by atoms with Crippen molar-refractivity contribution in [1.82, 2.24) is 5.32 Å². The van der Waals surface area contributed by atoms with Crippen LogP contribution in [0.2, 0.25) is 0 Å². The van der Waals surface area contributed by atoms with Crippen molar-refractivity contribution in [1.29, 1.82) is 0 Å². The summed E-state index contributed by atoms with van der Waals surface area (Å²) < 4.78 is 46.3. The Balaban J connectivity index is 2.22. The Morgan fingerprint density at radius 2 is 2.04 bits per heavy atom. The van der Waals surface area contributed by atoms with Gasteiger partial charge in [-0.1, -0.05) is 18.8 Å². The van der Waals surface area contributed by atoms with Gasteiger partial charge in [-0.3, -0.25) is 4.79 Å². The molecule has 2 rings (SSSR count). The molecule has 7 heteroatoms. The van der Waals surface area contributed by atoms with Crippen molar-refractivity contribution in [3.63, 3.8) is 0 Å². The molecular formula is C16H15ClF3NO2. The molecule has 1 aliphatic carbocycles. The molecule has 1 aliphatic rings. The van der Waals surface area contributed by atoms with Crippen LogP contribution in [0.25, 0.3) is 0 Å². The lowest BCUT2D eigenvalue weighted by atomic mass is 9.94. The first-order valence-corrected chi connectivity index (χ1v) is 7.58. The van der Waals surface area contributed by atoms with Crippen LogP contribution in [0.5, 0.6) is 5.75 Å². The Morgan fingerprint density at radius 1 is 1.35 bits per heavy atom. The number of nitrogens with one attached hydrogen (secondary N) is 1. The minimum atomic E-state index is -1.59. The summed E-state index contributed by atoms with van der Waals surface area (Å²) >= 11 is 6.10. The summed E-state index contributed by atoms with van der Waals surface area (Å²) in [6.07, 6.45) is 8.09. The SMILES string of the molecule is C#CCOc1c(F)cc(C(=O)N[C@@H]2CCCC[C@H]2Cl)c(F)c1F. The zero-order valence-corrected chi connectivity index (χ0v) is 12.9. The van der Waals surface area contributed by atoms with Crippen LogP contribution in [-0.4, -0.2) is 23.9 Å². The third kappa shape index (κ3) is 3.91. The smallest absolute Gasteiger partial charge is 0.254 e. The summed E-state index contributed by atoms with van der Waals surface area (Å²) in [4.78, 5) is 12.1. The number of carbonyl (C=O) groups excluding carboxylic acids is 1. The zero-order chi connectivity index (χ0) is 17.0. The van der Waals surface area contributed by atoms with Crippen LogP contribution in [0.3, 0.4) is 0 Å². The van der Waals surface area contributed by atoms with Crippen LogP contribution < -0.4 is 10.1 Å². The molecule has 2 atom stereocenters. The summed E-state index contributed by atoms with van der Waals surface area (Å²) in [6.45, 7) is -0.422. The zero-order valence-electron chi connectivity index (χ0n) is 12.2. The Bertz CT molecular complexity index is 645. The maximum absolute atomic E-state index is 14.0. The molecule has 0 heterocycles. The molecule has 1 aromatic carbocycles. The summed E-state index contributed by atoms with van der Waals surface area (Å²) in [5, 5.41) is 2.24. The molecule has 124 valence electrons. The molecule has 0 aromatic heterocycles. The first-order chi connectivity index (χ1) is 11.0. The molecule has 0 spiro atoms. The van der Waals surface area contributed by atoms with E-state index in [9.17, 15) is 18.0 Å². The second-order valence-corrected chi connectivity index (χ2v) is 5.80. The Hall–Kier alpha value is -1.87. The minimum Gasteiger partial charge on any atom is -0.475 e. The van der Waals surface area contributed by atoms with Crippen LogP contribution in [0.15, 0.2) is 6.07 Å². The molecule has 1 N–H and O–H groups in total. The molecule has 23 heavy (non-hydrogen) atoms. The maximum Gasteiger partial charge on any atom is 0.254 e. The number of ether oxygens (including phenoxy) is 1. The Labute approximate surface area is 137 Å². The first kappa shape index (κ1) is 17.5. The van der Waals surface area contributed by atoms with E-state index in [2.05, 4.69) is 10.1 Å². The van der Waals surface area contributed by atoms with Gasteiger partial charge in [0.25, 0.3) is 5.91 Å². The van der Waals surface area contributed by atoms with Crippen LogP contribution in [-0.2, 0) is 0 Å². The van der Waals surface area contributed by atoms with E-state index in [1.54, 1.807) is 0 Å². The predicted molar refractivity (Wildman–Crippen MR) is 80.0 cm³/mol. The molecule has 0 bridgehead atoms.